The van der Waals surface area contributed by atoms with E-state index in [9.17, 15) is 5.11 Å². The second-order valence-corrected chi connectivity index (χ2v) is 5.20. The van der Waals surface area contributed by atoms with Crippen LogP contribution in [0.3, 0.4) is 0 Å². The molecule has 5 nitrogen and oxygen atoms in total. The fourth-order valence-electron chi connectivity index (χ4n) is 2.60. The molecule has 1 aromatic heterocycles. The third-order valence-electron chi connectivity index (χ3n) is 3.75. The van der Waals surface area contributed by atoms with Crippen LogP contribution in [0.2, 0.25) is 0 Å². The lowest BCUT2D eigenvalue weighted by molar-refractivity contribution is 0.145. The topological polar surface area (TPSA) is 56.5 Å². The summed E-state index contributed by atoms with van der Waals surface area (Å²) >= 11 is 0. The number of fused-ring (bicyclic) bond motifs is 1. The van der Waals surface area contributed by atoms with E-state index in [0.29, 0.717) is 31.1 Å². The number of aromatic nitrogens is 2. The molecule has 2 heterocycles. The molecule has 112 valence electrons. The predicted octanol–water partition coefficient (Wildman–Crippen LogP) is 2.03. The SMILES string of the molecule is CCc1cc(CC(O)c2cccc3c2OCCO3)n(C)n1. The first-order valence-electron chi connectivity index (χ1n) is 7.27. The lowest BCUT2D eigenvalue weighted by Gasteiger charge is -2.23. The van der Waals surface area contributed by atoms with Crippen molar-refractivity contribution in [3.05, 3.63) is 41.2 Å². The first kappa shape index (κ1) is 13.9. The van der Waals surface area contributed by atoms with Crippen LogP contribution < -0.4 is 9.47 Å². The van der Waals surface area contributed by atoms with Crippen LogP contribution in [0.15, 0.2) is 24.3 Å². The highest BCUT2D eigenvalue weighted by Crippen LogP contribution is 2.37. The normalized spacial score (nSPS) is 15.0. The number of rotatable bonds is 4. The molecule has 0 fully saturated rings. The Hall–Kier alpha value is -2.01. The van der Waals surface area contributed by atoms with E-state index < -0.39 is 6.10 Å². The number of aryl methyl sites for hydroxylation is 2. The number of benzene rings is 1. The molecule has 0 saturated heterocycles. The summed E-state index contributed by atoms with van der Waals surface area (Å²) in [4.78, 5) is 0. The van der Waals surface area contributed by atoms with E-state index >= 15 is 0 Å². The quantitative estimate of drug-likeness (QED) is 0.935. The van der Waals surface area contributed by atoms with E-state index in [-0.39, 0.29) is 0 Å². The fourth-order valence-corrected chi connectivity index (χ4v) is 2.60. The van der Waals surface area contributed by atoms with Gasteiger partial charge in [0.05, 0.1) is 11.8 Å². The summed E-state index contributed by atoms with van der Waals surface area (Å²) < 4.78 is 13.0. The lowest BCUT2D eigenvalue weighted by atomic mass is 10.0. The predicted molar refractivity (Wildman–Crippen MR) is 78.7 cm³/mol. The van der Waals surface area contributed by atoms with Gasteiger partial charge in [-0.3, -0.25) is 4.68 Å². The van der Waals surface area contributed by atoms with Crippen LogP contribution >= 0.6 is 0 Å². The molecule has 0 radical (unpaired) electrons. The molecule has 1 aliphatic rings. The number of ether oxygens (including phenoxy) is 2. The Balaban J connectivity index is 1.85. The molecule has 3 rings (SSSR count). The third-order valence-corrected chi connectivity index (χ3v) is 3.75. The zero-order chi connectivity index (χ0) is 14.8. The molecule has 1 aliphatic heterocycles. The Labute approximate surface area is 124 Å². The average molecular weight is 288 g/mol. The number of hydrogen-bond acceptors (Lipinski definition) is 4. The minimum absolute atomic E-state index is 0.503. The van der Waals surface area contributed by atoms with Crippen molar-refractivity contribution in [1.29, 1.82) is 0 Å². The summed E-state index contributed by atoms with van der Waals surface area (Å²) in [6, 6.07) is 7.67. The van der Waals surface area contributed by atoms with Crippen molar-refractivity contribution < 1.29 is 14.6 Å². The van der Waals surface area contributed by atoms with Gasteiger partial charge in [-0.05, 0) is 18.6 Å². The van der Waals surface area contributed by atoms with Gasteiger partial charge >= 0.3 is 0 Å². The van der Waals surface area contributed by atoms with Crippen LogP contribution in [0, 0.1) is 0 Å². The smallest absolute Gasteiger partial charge is 0.167 e. The summed E-state index contributed by atoms with van der Waals surface area (Å²) in [5.74, 6) is 1.37. The van der Waals surface area contributed by atoms with Gasteiger partial charge in [0.25, 0.3) is 0 Å². The first-order valence-corrected chi connectivity index (χ1v) is 7.27. The van der Waals surface area contributed by atoms with Crippen molar-refractivity contribution in [3.63, 3.8) is 0 Å². The molecule has 2 aromatic rings. The molecular weight excluding hydrogens is 268 g/mol. The highest BCUT2D eigenvalue weighted by Gasteiger charge is 2.21. The molecule has 1 N–H and O–H groups in total. The summed E-state index contributed by atoms with van der Waals surface area (Å²) in [5, 5.41) is 15.0. The van der Waals surface area contributed by atoms with E-state index in [2.05, 4.69) is 12.0 Å². The molecule has 1 unspecified atom stereocenters. The van der Waals surface area contributed by atoms with Gasteiger partial charge < -0.3 is 14.6 Å². The number of para-hydroxylation sites is 1. The fraction of sp³-hybridized carbons (Fsp3) is 0.438. The van der Waals surface area contributed by atoms with Crippen LogP contribution in [-0.4, -0.2) is 28.1 Å². The highest BCUT2D eigenvalue weighted by atomic mass is 16.6. The van der Waals surface area contributed by atoms with Gasteiger partial charge in [0, 0.05) is 24.7 Å². The molecule has 1 atom stereocenters. The Morgan fingerprint density at radius 3 is 2.90 bits per heavy atom. The van der Waals surface area contributed by atoms with Gasteiger partial charge in [-0.2, -0.15) is 5.10 Å². The largest absolute Gasteiger partial charge is 0.486 e. The molecule has 0 amide bonds. The minimum atomic E-state index is -0.637. The number of nitrogens with zero attached hydrogens (tertiary/aromatic N) is 2. The third kappa shape index (κ3) is 2.74. The Morgan fingerprint density at radius 1 is 1.33 bits per heavy atom. The molecule has 0 aliphatic carbocycles. The van der Waals surface area contributed by atoms with Gasteiger partial charge in [0.1, 0.15) is 13.2 Å². The number of hydrogen-bond donors (Lipinski definition) is 1. The molecular formula is C16H20N2O3. The number of aliphatic hydroxyl groups excluding tert-OH is 1. The molecule has 21 heavy (non-hydrogen) atoms. The first-order chi connectivity index (χ1) is 10.2. The van der Waals surface area contributed by atoms with E-state index in [1.165, 1.54) is 0 Å². The van der Waals surface area contributed by atoms with Gasteiger partial charge in [0.2, 0.25) is 0 Å². The molecule has 0 bridgehead atoms. The van der Waals surface area contributed by atoms with E-state index in [1.54, 1.807) is 0 Å². The summed E-state index contributed by atoms with van der Waals surface area (Å²) in [5.41, 5.74) is 2.81. The van der Waals surface area contributed by atoms with Crippen LogP contribution in [0.1, 0.15) is 30.0 Å². The van der Waals surface area contributed by atoms with Crippen molar-refractivity contribution >= 4 is 0 Å². The van der Waals surface area contributed by atoms with Crippen molar-refractivity contribution in [2.24, 2.45) is 7.05 Å². The molecule has 5 heteroatoms. The van der Waals surface area contributed by atoms with E-state index in [4.69, 9.17) is 9.47 Å². The van der Waals surface area contributed by atoms with Gasteiger partial charge in [0.15, 0.2) is 11.5 Å². The van der Waals surface area contributed by atoms with Gasteiger partial charge in [-0.25, -0.2) is 0 Å². The Kier molecular flexibility index (Phi) is 3.84. The standard InChI is InChI=1S/C16H20N2O3/c1-3-11-9-12(18(2)17-11)10-14(19)13-5-4-6-15-16(13)21-8-7-20-15/h4-6,9,14,19H,3,7-8,10H2,1-2H3. The second kappa shape index (κ2) is 5.77. The van der Waals surface area contributed by atoms with E-state index in [1.807, 2.05) is 36.0 Å². The molecule has 0 spiro atoms. The van der Waals surface area contributed by atoms with Crippen molar-refractivity contribution in [2.75, 3.05) is 13.2 Å². The highest BCUT2D eigenvalue weighted by molar-refractivity contribution is 5.48. The lowest BCUT2D eigenvalue weighted by Crippen LogP contribution is -2.18. The maximum atomic E-state index is 10.6. The zero-order valence-corrected chi connectivity index (χ0v) is 12.4. The zero-order valence-electron chi connectivity index (χ0n) is 12.4. The van der Waals surface area contributed by atoms with Crippen molar-refractivity contribution in [3.8, 4) is 11.5 Å². The Morgan fingerprint density at radius 2 is 2.14 bits per heavy atom. The van der Waals surface area contributed by atoms with Gasteiger partial charge in [-0.15, -0.1) is 0 Å². The minimum Gasteiger partial charge on any atom is -0.486 e. The van der Waals surface area contributed by atoms with Crippen LogP contribution in [0.5, 0.6) is 11.5 Å². The van der Waals surface area contributed by atoms with E-state index in [0.717, 1.165) is 23.4 Å². The molecule has 1 aromatic carbocycles. The summed E-state index contributed by atoms with van der Waals surface area (Å²) in [6.45, 7) is 3.14. The summed E-state index contributed by atoms with van der Waals surface area (Å²) in [6.07, 6.45) is 0.757. The maximum absolute atomic E-state index is 10.6. The number of aliphatic hydroxyl groups is 1. The average Bonchev–Trinajstić information content (AvgIpc) is 2.87. The van der Waals surface area contributed by atoms with Crippen LogP contribution in [0.4, 0.5) is 0 Å². The summed E-state index contributed by atoms with van der Waals surface area (Å²) in [7, 11) is 1.90. The van der Waals surface area contributed by atoms with Crippen molar-refractivity contribution in [2.45, 2.75) is 25.9 Å². The monoisotopic (exact) mass is 288 g/mol. The van der Waals surface area contributed by atoms with Crippen LogP contribution in [-0.2, 0) is 19.9 Å². The molecule has 0 saturated carbocycles. The van der Waals surface area contributed by atoms with Gasteiger partial charge in [-0.1, -0.05) is 19.1 Å². The van der Waals surface area contributed by atoms with Crippen molar-refractivity contribution in [1.82, 2.24) is 9.78 Å². The second-order valence-electron chi connectivity index (χ2n) is 5.20. The maximum Gasteiger partial charge on any atom is 0.167 e. The van der Waals surface area contributed by atoms with Crippen LogP contribution in [0.25, 0.3) is 0 Å². The Bertz CT molecular complexity index is 636.